The van der Waals surface area contributed by atoms with E-state index in [1.807, 2.05) is 11.6 Å². The molecule has 0 unspecified atom stereocenters. The van der Waals surface area contributed by atoms with Gasteiger partial charge >= 0.3 is 0 Å². The molecule has 1 rings (SSSR count). The molecule has 0 radical (unpaired) electrons. The van der Waals surface area contributed by atoms with Gasteiger partial charge in [0.2, 0.25) is 0 Å². The maximum atomic E-state index is 8.96. The first-order valence-corrected chi connectivity index (χ1v) is 6.33. The molecule has 4 heteroatoms. The lowest BCUT2D eigenvalue weighted by molar-refractivity contribution is 0.206. The van der Waals surface area contributed by atoms with Crippen LogP contribution in [0.3, 0.4) is 0 Å². The lowest BCUT2D eigenvalue weighted by Crippen LogP contribution is -2.30. The number of aryl methyl sites for hydroxylation is 2. The van der Waals surface area contributed by atoms with Crippen LogP contribution in [0.15, 0.2) is 6.07 Å². The van der Waals surface area contributed by atoms with Crippen LogP contribution in [0.2, 0.25) is 0 Å². The van der Waals surface area contributed by atoms with Crippen molar-refractivity contribution in [3.63, 3.8) is 0 Å². The van der Waals surface area contributed by atoms with Crippen LogP contribution in [-0.2, 0) is 13.1 Å². The third-order valence-electron chi connectivity index (χ3n) is 2.98. The molecule has 0 fully saturated rings. The number of hydrogen-bond donors (Lipinski definition) is 2. The molecule has 0 atom stereocenters. The van der Waals surface area contributed by atoms with Gasteiger partial charge in [0.15, 0.2) is 0 Å². The van der Waals surface area contributed by atoms with Crippen LogP contribution in [0.4, 0.5) is 0 Å². The van der Waals surface area contributed by atoms with Crippen LogP contribution in [0.5, 0.6) is 0 Å². The van der Waals surface area contributed by atoms with Crippen molar-refractivity contribution >= 4 is 0 Å². The molecule has 0 aliphatic rings. The summed E-state index contributed by atoms with van der Waals surface area (Å²) in [6, 6.07) is 2.12. The van der Waals surface area contributed by atoms with Crippen LogP contribution < -0.4 is 5.32 Å². The van der Waals surface area contributed by atoms with Gasteiger partial charge in [-0.15, -0.1) is 0 Å². The quantitative estimate of drug-likeness (QED) is 0.761. The van der Waals surface area contributed by atoms with Gasteiger partial charge in [-0.3, -0.25) is 4.68 Å². The third kappa shape index (κ3) is 4.48. The molecule has 0 aliphatic heterocycles. The highest BCUT2D eigenvalue weighted by Gasteiger charge is 2.16. The van der Waals surface area contributed by atoms with Crippen molar-refractivity contribution in [2.75, 3.05) is 13.2 Å². The average molecular weight is 239 g/mol. The molecule has 1 aromatic heterocycles. The summed E-state index contributed by atoms with van der Waals surface area (Å²) < 4.78 is 2.03. The molecule has 0 saturated carbocycles. The lowest BCUT2D eigenvalue weighted by Gasteiger charge is -2.24. The van der Waals surface area contributed by atoms with E-state index in [-0.39, 0.29) is 12.0 Å². The lowest BCUT2D eigenvalue weighted by atomic mass is 9.90. The van der Waals surface area contributed by atoms with E-state index < -0.39 is 0 Å². The fourth-order valence-electron chi connectivity index (χ4n) is 1.94. The molecule has 0 saturated heterocycles. The van der Waals surface area contributed by atoms with Crippen molar-refractivity contribution in [3.8, 4) is 0 Å². The van der Waals surface area contributed by atoms with Gasteiger partial charge in [0.25, 0.3) is 0 Å². The van der Waals surface area contributed by atoms with Gasteiger partial charge in [-0.05, 0) is 31.7 Å². The highest BCUT2D eigenvalue weighted by atomic mass is 16.3. The van der Waals surface area contributed by atoms with E-state index in [0.717, 1.165) is 31.7 Å². The minimum atomic E-state index is 0.140. The Morgan fingerprint density at radius 2 is 2.18 bits per heavy atom. The maximum absolute atomic E-state index is 8.96. The molecule has 0 bridgehead atoms. The van der Waals surface area contributed by atoms with E-state index in [1.165, 1.54) is 5.69 Å². The summed E-state index contributed by atoms with van der Waals surface area (Å²) in [5, 5.41) is 16.8. The molecule has 0 aromatic carbocycles. The number of nitrogens with one attached hydrogen (secondary N) is 1. The minimum absolute atomic E-state index is 0.140. The number of aliphatic hydroxyl groups is 1. The first kappa shape index (κ1) is 14.2. The van der Waals surface area contributed by atoms with Crippen molar-refractivity contribution in [3.05, 3.63) is 17.5 Å². The molecular formula is C13H25N3O. The summed E-state index contributed by atoms with van der Waals surface area (Å²) in [6.07, 6.45) is 0.825. The smallest absolute Gasteiger partial charge is 0.0597 e. The van der Waals surface area contributed by atoms with Crippen molar-refractivity contribution < 1.29 is 5.11 Å². The zero-order valence-corrected chi connectivity index (χ0v) is 11.5. The number of hydrogen-bond acceptors (Lipinski definition) is 3. The predicted octanol–water partition coefficient (Wildman–Crippen LogP) is 1.71. The van der Waals surface area contributed by atoms with Crippen LogP contribution in [0, 0.1) is 12.3 Å². The summed E-state index contributed by atoms with van der Waals surface area (Å²) in [5.74, 6) is 0. The summed E-state index contributed by atoms with van der Waals surface area (Å²) >= 11 is 0. The summed E-state index contributed by atoms with van der Waals surface area (Å²) in [6.45, 7) is 11.4. The SMILES string of the molecule is CCn1nc(C)cc1CNCC(C)(C)CCO. The van der Waals surface area contributed by atoms with E-state index in [9.17, 15) is 0 Å². The van der Waals surface area contributed by atoms with E-state index in [2.05, 4.69) is 37.3 Å². The Balaban J connectivity index is 2.45. The average Bonchev–Trinajstić information content (AvgIpc) is 2.58. The van der Waals surface area contributed by atoms with Gasteiger partial charge in [0.05, 0.1) is 11.4 Å². The summed E-state index contributed by atoms with van der Waals surface area (Å²) in [7, 11) is 0. The van der Waals surface area contributed by atoms with Crippen molar-refractivity contribution in [2.45, 2.75) is 47.2 Å². The monoisotopic (exact) mass is 239 g/mol. The third-order valence-corrected chi connectivity index (χ3v) is 2.98. The Labute approximate surface area is 104 Å². The van der Waals surface area contributed by atoms with Crippen LogP contribution in [0.25, 0.3) is 0 Å². The second-order valence-corrected chi connectivity index (χ2v) is 5.33. The van der Waals surface area contributed by atoms with E-state index in [4.69, 9.17) is 5.11 Å². The Morgan fingerprint density at radius 1 is 1.47 bits per heavy atom. The van der Waals surface area contributed by atoms with E-state index >= 15 is 0 Å². The molecule has 1 aromatic rings. The van der Waals surface area contributed by atoms with Crippen LogP contribution >= 0.6 is 0 Å². The molecule has 1 heterocycles. The van der Waals surface area contributed by atoms with Gasteiger partial charge in [0, 0.05) is 26.2 Å². The Bertz CT molecular complexity index is 344. The molecule has 0 aliphatic carbocycles. The fraction of sp³-hybridized carbons (Fsp3) is 0.769. The van der Waals surface area contributed by atoms with Gasteiger partial charge in [-0.25, -0.2) is 0 Å². The second kappa shape index (κ2) is 6.17. The summed E-state index contributed by atoms with van der Waals surface area (Å²) in [4.78, 5) is 0. The standard InChI is InChI=1S/C13H25N3O/c1-5-16-12(8-11(2)15-16)9-14-10-13(3,4)6-7-17/h8,14,17H,5-7,9-10H2,1-4H3. The van der Waals surface area contributed by atoms with Crippen LogP contribution in [-0.4, -0.2) is 28.0 Å². The molecule has 0 amide bonds. The Morgan fingerprint density at radius 3 is 2.76 bits per heavy atom. The molecule has 98 valence electrons. The molecular weight excluding hydrogens is 214 g/mol. The minimum Gasteiger partial charge on any atom is -0.396 e. The number of nitrogens with zero attached hydrogens (tertiary/aromatic N) is 2. The zero-order chi connectivity index (χ0) is 12.9. The first-order chi connectivity index (χ1) is 7.98. The number of aliphatic hydroxyl groups excluding tert-OH is 1. The van der Waals surface area contributed by atoms with E-state index in [0.29, 0.717) is 0 Å². The highest BCUT2D eigenvalue weighted by Crippen LogP contribution is 2.18. The van der Waals surface area contributed by atoms with Crippen LogP contribution in [0.1, 0.15) is 38.6 Å². The molecule has 2 N–H and O–H groups in total. The normalized spacial score (nSPS) is 12.1. The first-order valence-electron chi connectivity index (χ1n) is 6.33. The van der Waals surface area contributed by atoms with Gasteiger partial charge in [-0.2, -0.15) is 5.10 Å². The number of aromatic nitrogens is 2. The van der Waals surface area contributed by atoms with Gasteiger partial charge < -0.3 is 10.4 Å². The van der Waals surface area contributed by atoms with Crippen molar-refractivity contribution in [2.24, 2.45) is 5.41 Å². The van der Waals surface area contributed by atoms with E-state index in [1.54, 1.807) is 0 Å². The van der Waals surface area contributed by atoms with Gasteiger partial charge in [-0.1, -0.05) is 13.8 Å². The summed E-state index contributed by atoms with van der Waals surface area (Å²) in [5.41, 5.74) is 2.43. The molecule has 4 nitrogen and oxygen atoms in total. The second-order valence-electron chi connectivity index (χ2n) is 5.33. The number of rotatable bonds is 7. The Kier molecular flexibility index (Phi) is 5.15. The largest absolute Gasteiger partial charge is 0.396 e. The molecule has 0 spiro atoms. The van der Waals surface area contributed by atoms with Crippen molar-refractivity contribution in [1.29, 1.82) is 0 Å². The maximum Gasteiger partial charge on any atom is 0.0597 e. The topological polar surface area (TPSA) is 50.1 Å². The highest BCUT2D eigenvalue weighted by molar-refractivity contribution is 5.08. The van der Waals surface area contributed by atoms with Crippen molar-refractivity contribution in [1.82, 2.24) is 15.1 Å². The molecule has 17 heavy (non-hydrogen) atoms. The fourth-order valence-corrected chi connectivity index (χ4v) is 1.94. The van der Waals surface area contributed by atoms with Gasteiger partial charge in [0.1, 0.15) is 0 Å². The zero-order valence-electron chi connectivity index (χ0n) is 11.5. The Hall–Kier alpha value is -0.870. The predicted molar refractivity (Wildman–Crippen MR) is 69.8 cm³/mol.